The topological polar surface area (TPSA) is 73.2 Å². The molecular formula is C21H17BrF3N3O3. The summed E-state index contributed by atoms with van der Waals surface area (Å²) in [5.41, 5.74) is 0.0704. The van der Waals surface area contributed by atoms with Gasteiger partial charge in [-0.15, -0.1) is 0 Å². The number of nitrogens with zero attached hydrogens (tertiary/aromatic N) is 2. The van der Waals surface area contributed by atoms with E-state index in [0.29, 0.717) is 5.69 Å². The van der Waals surface area contributed by atoms with Gasteiger partial charge in [-0.25, -0.2) is 4.68 Å². The molecule has 31 heavy (non-hydrogen) atoms. The van der Waals surface area contributed by atoms with Crippen molar-refractivity contribution in [3.05, 3.63) is 81.1 Å². The minimum atomic E-state index is -4.46. The zero-order valence-corrected chi connectivity index (χ0v) is 17.6. The average Bonchev–Trinajstić information content (AvgIpc) is 2.73. The molecule has 1 heterocycles. The van der Waals surface area contributed by atoms with Crippen LogP contribution in [0.3, 0.4) is 0 Å². The molecule has 0 fully saturated rings. The van der Waals surface area contributed by atoms with Crippen LogP contribution in [0.25, 0.3) is 11.3 Å². The average molecular weight is 496 g/mol. The summed E-state index contributed by atoms with van der Waals surface area (Å²) in [5, 5.41) is 6.76. The summed E-state index contributed by atoms with van der Waals surface area (Å²) in [6.07, 6.45) is -4.46. The minimum Gasteiger partial charge on any atom is -0.492 e. The second-order valence-electron chi connectivity index (χ2n) is 6.45. The number of benzene rings is 2. The number of nitrogens with one attached hydrogen (secondary N) is 1. The lowest BCUT2D eigenvalue weighted by Gasteiger charge is -2.11. The van der Waals surface area contributed by atoms with Crippen LogP contribution in [0.5, 0.6) is 5.75 Å². The van der Waals surface area contributed by atoms with Gasteiger partial charge in [0.1, 0.15) is 18.9 Å². The highest BCUT2D eigenvalue weighted by Crippen LogP contribution is 2.31. The highest BCUT2D eigenvalue weighted by Gasteiger charge is 2.30. The molecule has 1 aromatic heterocycles. The molecule has 0 aliphatic heterocycles. The molecule has 0 atom stereocenters. The molecular weight excluding hydrogens is 479 g/mol. The highest BCUT2D eigenvalue weighted by molar-refractivity contribution is 9.10. The molecule has 0 saturated carbocycles. The molecule has 10 heteroatoms. The summed E-state index contributed by atoms with van der Waals surface area (Å²) in [5.74, 6) is -0.431. The van der Waals surface area contributed by atoms with E-state index in [1.54, 1.807) is 6.07 Å². The van der Waals surface area contributed by atoms with E-state index in [9.17, 15) is 22.8 Å². The van der Waals surface area contributed by atoms with Crippen molar-refractivity contribution in [3.8, 4) is 17.0 Å². The lowest BCUT2D eigenvalue weighted by Crippen LogP contribution is -2.35. The van der Waals surface area contributed by atoms with Crippen LogP contribution in [0.15, 0.2) is 69.9 Å². The van der Waals surface area contributed by atoms with E-state index in [1.807, 2.05) is 24.3 Å². The first-order valence-corrected chi connectivity index (χ1v) is 9.92. The van der Waals surface area contributed by atoms with E-state index in [-0.39, 0.29) is 25.4 Å². The number of hydrogen-bond acceptors (Lipinski definition) is 4. The van der Waals surface area contributed by atoms with E-state index < -0.39 is 23.2 Å². The third-order valence-electron chi connectivity index (χ3n) is 4.15. The van der Waals surface area contributed by atoms with Crippen LogP contribution < -0.4 is 15.6 Å². The Bertz CT molecular complexity index is 1120. The Labute approximate surface area is 183 Å². The standard InChI is InChI=1S/C21H17BrF3N3O3/c22-16-6-4-14(5-7-16)18-8-9-20(30)28(27-18)13-19(29)26-10-11-31-17-3-1-2-15(12-17)21(23,24)25/h1-9,12H,10-11,13H2,(H,26,29). The van der Waals surface area contributed by atoms with E-state index in [4.69, 9.17) is 4.74 Å². The molecule has 0 spiro atoms. The number of ether oxygens (including phenoxy) is 1. The molecule has 1 amide bonds. The fourth-order valence-electron chi connectivity index (χ4n) is 2.65. The molecule has 6 nitrogen and oxygen atoms in total. The second kappa shape index (κ2) is 9.78. The molecule has 0 bridgehead atoms. The number of aromatic nitrogens is 2. The molecule has 3 rings (SSSR count). The van der Waals surface area contributed by atoms with E-state index >= 15 is 0 Å². The maximum atomic E-state index is 12.7. The Morgan fingerprint density at radius 3 is 2.55 bits per heavy atom. The predicted molar refractivity (Wildman–Crippen MR) is 112 cm³/mol. The zero-order chi connectivity index (χ0) is 22.4. The van der Waals surface area contributed by atoms with E-state index in [2.05, 4.69) is 26.3 Å². The number of carbonyl (C=O) groups excluding carboxylic acids is 1. The fraction of sp³-hybridized carbons (Fsp3) is 0.190. The van der Waals surface area contributed by atoms with Gasteiger partial charge >= 0.3 is 6.18 Å². The lowest BCUT2D eigenvalue weighted by atomic mass is 10.1. The van der Waals surface area contributed by atoms with Crippen molar-refractivity contribution in [3.63, 3.8) is 0 Å². The highest BCUT2D eigenvalue weighted by atomic mass is 79.9. The molecule has 162 valence electrons. The van der Waals surface area contributed by atoms with Gasteiger partial charge in [-0.3, -0.25) is 9.59 Å². The van der Waals surface area contributed by atoms with Crippen LogP contribution in [0.4, 0.5) is 13.2 Å². The Morgan fingerprint density at radius 2 is 1.84 bits per heavy atom. The van der Waals surface area contributed by atoms with Gasteiger partial charge in [-0.05, 0) is 36.4 Å². The third-order valence-corrected chi connectivity index (χ3v) is 4.68. The first-order valence-electron chi connectivity index (χ1n) is 9.13. The number of halogens is 4. The van der Waals surface area contributed by atoms with Crippen molar-refractivity contribution in [2.45, 2.75) is 12.7 Å². The SMILES string of the molecule is O=C(Cn1nc(-c2ccc(Br)cc2)ccc1=O)NCCOc1cccc(C(F)(F)F)c1. The third kappa shape index (κ3) is 6.42. The van der Waals surface area contributed by atoms with Crippen molar-refractivity contribution >= 4 is 21.8 Å². The van der Waals surface area contributed by atoms with Gasteiger partial charge in [0.25, 0.3) is 5.56 Å². The van der Waals surface area contributed by atoms with Gasteiger partial charge in [-0.1, -0.05) is 34.1 Å². The summed E-state index contributed by atoms with van der Waals surface area (Å²) in [4.78, 5) is 24.1. The number of alkyl halides is 3. The molecule has 0 unspecified atom stereocenters. The number of rotatable bonds is 7. The Balaban J connectivity index is 1.54. The van der Waals surface area contributed by atoms with Crippen LogP contribution in [0, 0.1) is 0 Å². The van der Waals surface area contributed by atoms with Crippen LogP contribution in [0.1, 0.15) is 5.56 Å². The smallest absolute Gasteiger partial charge is 0.416 e. The van der Waals surface area contributed by atoms with Gasteiger partial charge < -0.3 is 10.1 Å². The summed E-state index contributed by atoms with van der Waals surface area (Å²) in [6, 6.07) is 14.7. The van der Waals surface area contributed by atoms with Gasteiger partial charge in [0.2, 0.25) is 5.91 Å². The molecule has 0 aliphatic carbocycles. The van der Waals surface area contributed by atoms with Crippen LogP contribution in [-0.4, -0.2) is 28.8 Å². The maximum Gasteiger partial charge on any atom is 0.416 e. The van der Waals surface area contributed by atoms with Gasteiger partial charge in [0.15, 0.2) is 0 Å². The number of carbonyl (C=O) groups is 1. The normalized spacial score (nSPS) is 11.2. The second-order valence-corrected chi connectivity index (χ2v) is 7.36. The first kappa shape index (κ1) is 22.5. The molecule has 3 aromatic rings. The first-order chi connectivity index (χ1) is 14.7. The van der Waals surface area contributed by atoms with Crippen LogP contribution >= 0.6 is 15.9 Å². The Kier molecular flexibility index (Phi) is 7.11. The fourth-order valence-corrected chi connectivity index (χ4v) is 2.91. The van der Waals surface area contributed by atoms with Crippen molar-refractivity contribution < 1.29 is 22.7 Å². The Morgan fingerprint density at radius 1 is 1.10 bits per heavy atom. The van der Waals surface area contributed by atoms with Gasteiger partial charge in [0, 0.05) is 16.1 Å². The molecule has 0 radical (unpaired) electrons. The summed E-state index contributed by atoms with van der Waals surface area (Å²) in [6.45, 7) is -0.280. The quantitative estimate of drug-likeness (QED) is 0.504. The molecule has 0 saturated heterocycles. The zero-order valence-electron chi connectivity index (χ0n) is 16.0. The molecule has 1 N–H and O–H groups in total. The monoisotopic (exact) mass is 495 g/mol. The molecule has 2 aromatic carbocycles. The minimum absolute atomic E-state index is 0.0334. The van der Waals surface area contributed by atoms with Crippen molar-refractivity contribution in [2.75, 3.05) is 13.2 Å². The predicted octanol–water partition coefficient (Wildman–Crippen LogP) is 3.89. The molecule has 0 aliphatic rings. The van der Waals surface area contributed by atoms with Crippen LogP contribution in [-0.2, 0) is 17.5 Å². The number of amides is 1. The van der Waals surface area contributed by atoms with E-state index in [1.165, 1.54) is 18.2 Å². The summed E-state index contributed by atoms with van der Waals surface area (Å²) in [7, 11) is 0. The van der Waals surface area contributed by atoms with Crippen molar-refractivity contribution in [1.82, 2.24) is 15.1 Å². The lowest BCUT2D eigenvalue weighted by molar-refractivity contribution is -0.137. The maximum absolute atomic E-state index is 12.7. The summed E-state index contributed by atoms with van der Waals surface area (Å²) >= 11 is 3.34. The van der Waals surface area contributed by atoms with E-state index in [0.717, 1.165) is 26.9 Å². The summed E-state index contributed by atoms with van der Waals surface area (Å²) < 4.78 is 45.3. The van der Waals surface area contributed by atoms with Crippen molar-refractivity contribution in [2.24, 2.45) is 0 Å². The largest absolute Gasteiger partial charge is 0.492 e. The number of hydrogen-bond donors (Lipinski definition) is 1. The van der Waals surface area contributed by atoms with Gasteiger partial charge in [0.05, 0.1) is 17.8 Å². The Hall–Kier alpha value is -3.14. The van der Waals surface area contributed by atoms with Crippen molar-refractivity contribution in [1.29, 1.82) is 0 Å². The van der Waals surface area contributed by atoms with Gasteiger partial charge in [-0.2, -0.15) is 18.3 Å². The van der Waals surface area contributed by atoms with Crippen LogP contribution in [0.2, 0.25) is 0 Å².